The van der Waals surface area contributed by atoms with Crippen LogP contribution in [0.2, 0.25) is 5.02 Å². The number of sulfone groups is 1. The zero-order valence-corrected chi connectivity index (χ0v) is 17.5. The van der Waals surface area contributed by atoms with Crippen molar-refractivity contribution < 1.29 is 17.9 Å². The normalized spacial score (nSPS) is 17.7. The number of halogens is 1. The minimum absolute atomic E-state index is 0.0559. The fourth-order valence-corrected chi connectivity index (χ4v) is 5.35. The standard InChI is InChI=1S/C20H18ClN3O5S/c1-29-18-5-3-14(9-16(18)21)24-11-22-17-8-12(2-4-15(17)20(24)26)19(25)23-13-6-7-30(27,28)10-13/h2-5,8-9,11,13H,6-7,10H2,1H3,(H,23,25)/t13-/m0/s1. The first-order valence-electron chi connectivity index (χ1n) is 9.14. The zero-order chi connectivity index (χ0) is 21.5. The molecule has 0 unspecified atom stereocenters. The lowest BCUT2D eigenvalue weighted by Crippen LogP contribution is -2.35. The number of benzene rings is 2. The summed E-state index contributed by atoms with van der Waals surface area (Å²) in [4.78, 5) is 29.7. The quantitative estimate of drug-likeness (QED) is 0.655. The second kappa shape index (κ2) is 7.73. The van der Waals surface area contributed by atoms with Gasteiger partial charge in [0.25, 0.3) is 11.5 Å². The van der Waals surface area contributed by atoms with Gasteiger partial charge in [0.1, 0.15) is 12.1 Å². The third kappa shape index (κ3) is 3.90. The summed E-state index contributed by atoms with van der Waals surface area (Å²) >= 11 is 6.15. The number of methoxy groups -OCH3 is 1. The molecule has 10 heteroatoms. The Hall–Kier alpha value is -2.91. The highest BCUT2D eigenvalue weighted by Crippen LogP contribution is 2.26. The van der Waals surface area contributed by atoms with Crippen LogP contribution in [0.15, 0.2) is 47.5 Å². The van der Waals surface area contributed by atoms with E-state index in [4.69, 9.17) is 16.3 Å². The molecule has 4 rings (SSSR count). The Bertz CT molecular complexity index is 1320. The van der Waals surface area contributed by atoms with E-state index in [0.29, 0.717) is 39.3 Å². The van der Waals surface area contributed by atoms with E-state index in [1.165, 1.54) is 36.2 Å². The van der Waals surface area contributed by atoms with Crippen molar-refractivity contribution in [2.75, 3.05) is 18.6 Å². The number of ether oxygens (including phenoxy) is 1. The Balaban J connectivity index is 1.63. The molecule has 0 spiro atoms. The highest BCUT2D eigenvalue weighted by atomic mass is 35.5. The largest absolute Gasteiger partial charge is 0.495 e. The number of hydrogen-bond donors (Lipinski definition) is 1. The van der Waals surface area contributed by atoms with Gasteiger partial charge in [-0.15, -0.1) is 0 Å². The number of carbonyl (C=O) groups excluding carboxylic acids is 1. The van der Waals surface area contributed by atoms with Crippen molar-refractivity contribution in [1.82, 2.24) is 14.9 Å². The lowest BCUT2D eigenvalue weighted by molar-refractivity contribution is 0.0941. The average Bonchev–Trinajstić information content (AvgIpc) is 3.06. The molecule has 1 aromatic heterocycles. The molecule has 2 heterocycles. The van der Waals surface area contributed by atoms with Gasteiger partial charge in [0.2, 0.25) is 0 Å². The second-order valence-electron chi connectivity index (χ2n) is 7.04. The lowest BCUT2D eigenvalue weighted by atomic mass is 10.1. The Labute approximate surface area is 177 Å². The molecule has 30 heavy (non-hydrogen) atoms. The van der Waals surface area contributed by atoms with Gasteiger partial charge in [-0.05, 0) is 42.8 Å². The van der Waals surface area contributed by atoms with Crippen LogP contribution in [0.4, 0.5) is 0 Å². The summed E-state index contributed by atoms with van der Waals surface area (Å²) in [6.45, 7) is 0. The van der Waals surface area contributed by atoms with E-state index in [0.717, 1.165) is 0 Å². The van der Waals surface area contributed by atoms with Crippen molar-refractivity contribution in [2.24, 2.45) is 0 Å². The summed E-state index contributed by atoms with van der Waals surface area (Å²) in [6, 6.07) is 9.12. The second-order valence-corrected chi connectivity index (χ2v) is 9.68. The minimum atomic E-state index is -3.09. The number of carbonyl (C=O) groups is 1. The number of nitrogens with one attached hydrogen (secondary N) is 1. The van der Waals surface area contributed by atoms with Crippen LogP contribution in [0.5, 0.6) is 5.75 Å². The Morgan fingerprint density at radius 3 is 2.73 bits per heavy atom. The molecule has 8 nitrogen and oxygen atoms in total. The molecule has 0 saturated carbocycles. The number of fused-ring (bicyclic) bond motifs is 1. The average molecular weight is 448 g/mol. The summed E-state index contributed by atoms with van der Waals surface area (Å²) in [6.07, 6.45) is 1.77. The fourth-order valence-electron chi connectivity index (χ4n) is 3.43. The van der Waals surface area contributed by atoms with Crippen molar-refractivity contribution in [3.8, 4) is 11.4 Å². The van der Waals surface area contributed by atoms with Gasteiger partial charge in [0, 0.05) is 11.6 Å². The fraction of sp³-hybridized carbons (Fsp3) is 0.250. The van der Waals surface area contributed by atoms with Crippen LogP contribution in [0.25, 0.3) is 16.6 Å². The summed E-state index contributed by atoms with van der Waals surface area (Å²) in [7, 11) is -1.59. The van der Waals surface area contributed by atoms with Crippen molar-refractivity contribution in [1.29, 1.82) is 0 Å². The smallest absolute Gasteiger partial charge is 0.265 e. The molecule has 3 aromatic rings. The number of amides is 1. The van der Waals surface area contributed by atoms with E-state index in [1.54, 1.807) is 18.2 Å². The maximum atomic E-state index is 12.9. The Morgan fingerprint density at radius 1 is 1.27 bits per heavy atom. The van der Waals surface area contributed by atoms with Gasteiger partial charge in [0.15, 0.2) is 9.84 Å². The van der Waals surface area contributed by atoms with Crippen LogP contribution >= 0.6 is 11.6 Å². The van der Waals surface area contributed by atoms with Crippen LogP contribution < -0.4 is 15.6 Å². The first kappa shape index (κ1) is 20.4. The Kier molecular flexibility index (Phi) is 5.25. The van der Waals surface area contributed by atoms with Crippen LogP contribution in [-0.2, 0) is 9.84 Å². The maximum absolute atomic E-state index is 12.9. The molecule has 1 N–H and O–H groups in total. The van der Waals surface area contributed by atoms with E-state index in [2.05, 4.69) is 10.3 Å². The predicted octanol–water partition coefficient (Wildman–Crippen LogP) is 1.96. The molecule has 1 aliphatic heterocycles. The number of rotatable bonds is 4. The van der Waals surface area contributed by atoms with Crippen molar-refractivity contribution in [2.45, 2.75) is 12.5 Å². The van der Waals surface area contributed by atoms with E-state index in [1.807, 2.05) is 0 Å². The summed E-state index contributed by atoms with van der Waals surface area (Å²) in [5.41, 5.74) is 0.894. The first-order valence-corrected chi connectivity index (χ1v) is 11.3. The molecule has 0 aliphatic carbocycles. The monoisotopic (exact) mass is 447 g/mol. The van der Waals surface area contributed by atoms with Crippen molar-refractivity contribution in [3.05, 3.63) is 63.7 Å². The topological polar surface area (TPSA) is 107 Å². The molecule has 1 saturated heterocycles. The molecule has 1 fully saturated rings. The van der Waals surface area contributed by atoms with E-state index >= 15 is 0 Å². The highest BCUT2D eigenvalue weighted by molar-refractivity contribution is 7.91. The molecular formula is C20H18ClN3O5S. The van der Waals surface area contributed by atoms with Gasteiger partial charge in [0.05, 0.1) is 40.2 Å². The molecule has 1 amide bonds. The molecule has 1 aliphatic rings. The SMILES string of the molecule is COc1ccc(-n2cnc3cc(C(=O)N[C@H]4CCS(=O)(=O)C4)ccc3c2=O)cc1Cl. The number of nitrogens with zero attached hydrogens (tertiary/aromatic N) is 2. The Morgan fingerprint density at radius 2 is 2.07 bits per heavy atom. The van der Waals surface area contributed by atoms with E-state index in [-0.39, 0.29) is 17.1 Å². The minimum Gasteiger partial charge on any atom is -0.495 e. The lowest BCUT2D eigenvalue weighted by Gasteiger charge is -2.12. The number of aromatic nitrogens is 2. The maximum Gasteiger partial charge on any atom is 0.265 e. The van der Waals surface area contributed by atoms with E-state index in [9.17, 15) is 18.0 Å². The van der Waals surface area contributed by atoms with E-state index < -0.39 is 21.8 Å². The molecule has 0 bridgehead atoms. The molecule has 156 valence electrons. The van der Waals surface area contributed by atoms with Crippen LogP contribution in [-0.4, -0.2) is 48.5 Å². The first-order chi connectivity index (χ1) is 14.3. The third-order valence-electron chi connectivity index (χ3n) is 5.00. The van der Waals surface area contributed by atoms with Gasteiger partial charge in [-0.2, -0.15) is 0 Å². The summed E-state index contributed by atoms with van der Waals surface area (Å²) in [5.74, 6) is 0.117. The molecule has 2 aromatic carbocycles. The van der Waals surface area contributed by atoms with Crippen molar-refractivity contribution >= 4 is 38.2 Å². The third-order valence-corrected chi connectivity index (χ3v) is 7.07. The van der Waals surface area contributed by atoms with Crippen LogP contribution in [0.3, 0.4) is 0 Å². The van der Waals surface area contributed by atoms with Crippen molar-refractivity contribution in [3.63, 3.8) is 0 Å². The van der Waals surface area contributed by atoms with Gasteiger partial charge < -0.3 is 10.1 Å². The molecule has 1 atom stereocenters. The van der Waals surface area contributed by atoms with Crippen LogP contribution in [0.1, 0.15) is 16.8 Å². The molecular weight excluding hydrogens is 430 g/mol. The summed E-state index contributed by atoms with van der Waals surface area (Å²) < 4.78 is 29.6. The van der Waals surface area contributed by atoms with Crippen LogP contribution in [0, 0.1) is 0 Å². The summed E-state index contributed by atoms with van der Waals surface area (Å²) in [5, 5.41) is 3.43. The van der Waals surface area contributed by atoms with Gasteiger partial charge in [-0.3, -0.25) is 14.2 Å². The van der Waals surface area contributed by atoms with Gasteiger partial charge >= 0.3 is 0 Å². The van der Waals surface area contributed by atoms with Gasteiger partial charge in [-0.25, -0.2) is 13.4 Å². The number of hydrogen-bond acceptors (Lipinski definition) is 6. The zero-order valence-electron chi connectivity index (χ0n) is 16.0. The highest BCUT2D eigenvalue weighted by Gasteiger charge is 2.29. The molecule has 0 radical (unpaired) electrons. The van der Waals surface area contributed by atoms with Gasteiger partial charge in [-0.1, -0.05) is 11.6 Å². The predicted molar refractivity (Wildman–Crippen MR) is 113 cm³/mol.